The zero-order valence-electron chi connectivity index (χ0n) is 16.8. The van der Waals surface area contributed by atoms with Crippen molar-refractivity contribution in [2.24, 2.45) is 0 Å². The van der Waals surface area contributed by atoms with Crippen LogP contribution in [0.15, 0.2) is 36.4 Å². The molecule has 0 spiro atoms. The van der Waals surface area contributed by atoms with Gasteiger partial charge in [0.05, 0.1) is 13.7 Å². The molecular weight excluding hydrogens is 358 g/mol. The van der Waals surface area contributed by atoms with Crippen molar-refractivity contribution in [3.63, 3.8) is 0 Å². The van der Waals surface area contributed by atoms with E-state index in [1.807, 2.05) is 12.1 Å². The molecule has 6 heteroatoms. The Labute approximate surface area is 165 Å². The Morgan fingerprint density at radius 1 is 1.11 bits per heavy atom. The van der Waals surface area contributed by atoms with E-state index in [9.17, 15) is 4.79 Å². The number of hydrogen-bond donors (Lipinski definition) is 1. The van der Waals surface area contributed by atoms with Crippen LogP contribution in [0, 0.1) is 0 Å². The summed E-state index contributed by atoms with van der Waals surface area (Å²) in [5.74, 6) is 2.10. The lowest BCUT2D eigenvalue weighted by Crippen LogP contribution is -2.28. The third-order valence-electron chi connectivity index (χ3n) is 4.47. The van der Waals surface area contributed by atoms with Gasteiger partial charge in [-0.2, -0.15) is 0 Å². The van der Waals surface area contributed by atoms with E-state index in [0.29, 0.717) is 49.2 Å². The average molecular weight is 385 g/mol. The van der Waals surface area contributed by atoms with Gasteiger partial charge in [0, 0.05) is 5.56 Å². The summed E-state index contributed by atoms with van der Waals surface area (Å²) in [6, 6.07) is 11.3. The number of fused-ring (bicyclic) bond motifs is 1. The molecule has 1 aliphatic heterocycles. The molecule has 0 bridgehead atoms. The highest BCUT2D eigenvalue weighted by atomic mass is 16.6. The van der Waals surface area contributed by atoms with Crippen molar-refractivity contribution < 1.29 is 23.7 Å². The lowest BCUT2D eigenvalue weighted by atomic mass is 9.87. The SMILES string of the molecule is COc1cc(C(=O)NCCOc2ccc(C(C)(C)C)cc2)cc2c1OCCO2. The van der Waals surface area contributed by atoms with Crippen LogP contribution < -0.4 is 24.3 Å². The van der Waals surface area contributed by atoms with Crippen molar-refractivity contribution in [2.45, 2.75) is 26.2 Å². The number of hydrogen-bond acceptors (Lipinski definition) is 5. The lowest BCUT2D eigenvalue weighted by molar-refractivity contribution is 0.0945. The first-order valence-electron chi connectivity index (χ1n) is 9.37. The van der Waals surface area contributed by atoms with E-state index >= 15 is 0 Å². The van der Waals surface area contributed by atoms with Crippen LogP contribution in [0.3, 0.4) is 0 Å². The van der Waals surface area contributed by atoms with E-state index in [2.05, 4.69) is 38.2 Å². The number of methoxy groups -OCH3 is 1. The minimum absolute atomic E-state index is 0.108. The summed E-state index contributed by atoms with van der Waals surface area (Å²) in [7, 11) is 1.54. The number of rotatable bonds is 6. The van der Waals surface area contributed by atoms with Crippen LogP contribution in [0.4, 0.5) is 0 Å². The number of carbonyl (C=O) groups is 1. The smallest absolute Gasteiger partial charge is 0.251 e. The predicted molar refractivity (Wildman–Crippen MR) is 107 cm³/mol. The van der Waals surface area contributed by atoms with E-state index in [-0.39, 0.29) is 11.3 Å². The van der Waals surface area contributed by atoms with E-state index < -0.39 is 0 Å². The summed E-state index contributed by atoms with van der Waals surface area (Å²) in [5.41, 5.74) is 1.81. The van der Waals surface area contributed by atoms with Crippen LogP contribution in [0.2, 0.25) is 0 Å². The molecule has 0 fully saturated rings. The fraction of sp³-hybridized carbons (Fsp3) is 0.409. The minimum atomic E-state index is -0.220. The van der Waals surface area contributed by atoms with Crippen molar-refractivity contribution in [3.8, 4) is 23.0 Å². The number of nitrogens with one attached hydrogen (secondary N) is 1. The maximum Gasteiger partial charge on any atom is 0.251 e. The summed E-state index contributed by atoms with van der Waals surface area (Å²) in [5, 5.41) is 2.85. The summed E-state index contributed by atoms with van der Waals surface area (Å²) >= 11 is 0. The predicted octanol–water partition coefficient (Wildman–Crippen LogP) is 3.57. The largest absolute Gasteiger partial charge is 0.493 e. The standard InChI is InChI=1S/C22H27NO5/c1-22(2,3)16-5-7-17(8-6-16)26-10-9-23-21(24)15-13-18(25-4)20-19(14-15)27-11-12-28-20/h5-8,13-14H,9-12H2,1-4H3,(H,23,24). The van der Waals surface area contributed by atoms with Gasteiger partial charge in [-0.05, 0) is 35.2 Å². The number of benzene rings is 2. The van der Waals surface area contributed by atoms with E-state index in [0.717, 1.165) is 5.75 Å². The van der Waals surface area contributed by atoms with Gasteiger partial charge in [-0.15, -0.1) is 0 Å². The highest BCUT2D eigenvalue weighted by molar-refractivity contribution is 5.95. The molecule has 1 aliphatic rings. The van der Waals surface area contributed by atoms with E-state index in [1.165, 1.54) is 12.7 Å². The second kappa shape index (κ2) is 8.42. The molecule has 1 amide bonds. The zero-order valence-corrected chi connectivity index (χ0v) is 16.8. The molecule has 1 heterocycles. The minimum Gasteiger partial charge on any atom is -0.493 e. The third-order valence-corrected chi connectivity index (χ3v) is 4.47. The molecule has 2 aromatic carbocycles. The van der Waals surface area contributed by atoms with E-state index in [1.54, 1.807) is 12.1 Å². The Balaban J connectivity index is 1.53. The molecule has 0 saturated heterocycles. The molecule has 3 rings (SSSR count). The molecule has 0 aromatic heterocycles. The number of amides is 1. The molecule has 0 aliphatic carbocycles. The first-order chi connectivity index (χ1) is 13.4. The number of carbonyl (C=O) groups excluding carboxylic acids is 1. The quantitative estimate of drug-likeness (QED) is 0.770. The molecule has 2 aromatic rings. The van der Waals surface area contributed by atoms with Crippen LogP contribution in [0.5, 0.6) is 23.0 Å². The Morgan fingerprint density at radius 2 is 1.82 bits per heavy atom. The maximum atomic E-state index is 12.4. The fourth-order valence-electron chi connectivity index (χ4n) is 2.89. The molecule has 150 valence electrons. The Hall–Kier alpha value is -2.89. The van der Waals surface area contributed by atoms with Gasteiger partial charge in [-0.3, -0.25) is 4.79 Å². The van der Waals surface area contributed by atoms with Gasteiger partial charge >= 0.3 is 0 Å². The van der Waals surface area contributed by atoms with Crippen molar-refractivity contribution in [1.82, 2.24) is 5.32 Å². The molecule has 0 unspecified atom stereocenters. The molecular formula is C22H27NO5. The van der Waals surface area contributed by atoms with E-state index in [4.69, 9.17) is 18.9 Å². The first-order valence-corrected chi connectivity index (χ1v) is 9.37. The average Bonchev–Trinajstić information content (AvgIpc) is 2.69. The highest BCUT2D eigenvalue weighted by Crippen LogP contribution is 2.40. The topological polar surface area (TPSA) is 66.0 Å². The molecule has 0 atom stereocenters. The van der Waals surface area contributed by atoms with Crippen LogP contribution in [-0.2, 0) is 5.41 Å². The van der Waals surface area contributed by atoms with Gasteiger partial charge in [0.2, 0.25) is 5.75 Å². The lowest BCUT2D eigenvalue weighted by Gasteiger charge is -2.21. The molecule has 1 N–H and O–H groups in total. The van der Waals surface area contributed by atoms with Crippen LogP contribution in [-0.4, -0.2) is 39.4 Å². The first kappa shape index (κ1) is 19.9. The third kappa shape index (κ3) is 4.68. The summed E-state index contributed by atoms with van der Waals surface area (Å²) < 4.78 is 22.1. The number of ether oxygens (including phenoxy) is 4. The maximum absolute atomic E-state index is 12.4. The second-order valence-electron chi connectivity index (χ2n) is 7.58. The summed E-state index contributed by atoms with van der Waals surface area (Å²) in [6.45, 7) is 8.19. The van der Waals surface area contributed by atoms with Gasteiger partial charge in [0.1, 0.15) is 25.6 Å². The van der Waals surface area contributed by atoms with Gasteiger partial charge in [-0.25, -0.2) is 0 Å². The Kier molecular flexibility index (Phi) is 5.97. The molecule has 0 saturated carbocycles. The summed E-state index contributed by atoms with van der Waals surface area (Å²) in [6.07, 6.45) is 0. The van der Waals surface area contributed by atoms with Crippen molar-refractivity contribution in [3.05, 3.63) is 47.5 Å². The Bertz CT molecular complexity index is 807. The van der Waals surface area contributed by atoms with Gasteiger partial charge in [0.25, 0.3) is 5.91 Å². The monoisotopic (exact) mass is 385 g/mol. The summed E-state index contributed by atoms with van der Waals surface area (Å²) in [4.78, 5) is 12.4. The highest BCUT2D eigenvalue weighted by Gasteiger charge is 2.20. The van der Waals surface area contributed by atoms with Crippen molar-refractivity contribution in [1.29, 1.82) is 0 Å². The van der Waals surface area contributed by atoms with Crippen molar-refractivity contribution >= 4 is 5.91 Å². The normalized spacial score (nSPS) is 13.0. The van der Waals surface area contributed by atoms with Crippen LogP contribution >= 0.6 is 0 Å². The fourth-order valence-corrected chi connectivity index (χ4v) is 2.89. The van der Waals surface area contributed by atoms with Crippen molar-refractivity contribution in [2.75, 3.05) is 33.5 Å². The molecule has 6 nitrogen and oxygen atoms in total. The van der Waals surface area contributed by atoms with Gasteiger partial charge in [-0.1, -0.05) is 32.9 Å². The molecule has 28 heavy (non-hydrogen) atoms. The zero-order chi connectivity index (χ0) is 20.1. The van der Waals surface area contributed by atoms with Gasteiger partial charge in [0.15, 0.2) is 11.5 Å². The second-order valence-corrected chi connectivity index (χ2v) is 7.58. The van der Waals surface area contributed by atoms with Gasteiger partial charge < -0.3 is 24.3 Å². The van der Waals surface area contributed by atoms with Crippen LogP contribution in [0.25, 0.3) is 0 Å². The molecule has 0 radical (unpaired) electrons. The Morgan fingerprint density at radius 3 is 2.50 bits per heavy atom. The van der Waals surface area contributed by atoms with Crippen LogP contribution in [0.1, 0.15) is 36.7 Å².